The summed E-state index contributed by atoms with van der Waals surface area (Å²) >= 11 is 0. The normalized spacial score (nSPS) is 10.3. The molecule has 0 spiro atoms. The average Bonchev–Trinajstić information content (AvgIpc) is 2.63. The second-order valence-electron chi connectivity index (χ2n) is 5.32. The Labute approximate surface area is 139 Å². The van der Waals surface area contributed by atoms with Crippen LogP contribution in [0.2, 0.25) is 0 Å². The first kappa shape index (κ1) is 15.7. The summed E-state index contributed by atoms with van der Waals surface area (Å²) in [6.45, 7) is 0.410. The Bertz CT molecular complexity index is 857. The third-order valence-corrected chi connectivity index (χ3v) is 3.64. The molecule has 0 aliphatic carbocycles. The zero-order valence-corrected chi connectivity index (χ0v) is 13.0. The van der Waals surface area contributed by atoms with Gasteiger partial charge >= 0.3 is 11.8 Å². The summed E-state index contributed by atoms with van der Waals surface area (Å²) in [5, 5.41) is 6.07. The molecule has 0 fully saturated rings. The van der Waals surface area contributed by atoms with Gasteiger partial charge < -0.3 is 10.6 Å². The fourth-order valence-electron chi connectivity index (χ4n) is 2.44. The first-order valence-electron chi connectivity index (χ1n) is 7.71. The molecular formula is C19H17N3O2. The maximum Gasteiger partial charge on any atom is 0.313 e. The van der Waals surface area contributed by atoms with E-state index in [4.69, 9.17) is 0 Å². The Morgan fingerprint density at radius 1 is 0.875 bits per heavy atom. The Balaban J connectivity index is 1.59. The molecule has 24 heavy (non-hydrogen) atoms. The Kier molecular flexibility index (Phi) is 4.81. The van der Waals surface area contributed by atoms with Crippen molar-refractivity contribution in [2.24, 2.45) is 0 Å². The van der Waals surface area contributed by atoms with Crippen LogP contribution in [0, 0.1) is 0 Å². The monoisotopic (exact) mass is 319 g/mol. The van der Waals surface area contributed by atoms with Crippen molar-refractivity contribution >= 4 is 28.4 Å². The molecule has 2 aromatic carbocycles. The van der Waals surface area contributed by atoms with Crippen LogP contribution in [-0.2, 0) is 16.0 Å². The molecular weight excluding hydrogens is 302 g/mol. The highest BCUT2D eigenvalue weighted by atomic mass is 16.2. The van der Waals surface area contributed by atoms with Gasteiger partial charge in [-0.25, -0.2) is 0 Å². The molecule has 1 aromatic heterocycles. The van der Waals surface area contributed by atoms with Crippen LogP contribution in [0.4, 0.5) is 5.69 Å². The van der Waals surface area contributed by atoms with Crippen molar-refractivity contribution in [3.8, 4) is 0 Å². The fourth-order valence-corrected chi connectivity index (χ4v) is 2.44. The Morgan fingerprint density at radius 3 is 2.54 bits per heavy atom. The van der Waals surface area contributed by atoms with Gasteiger partial charge in [-0.05, 0) is 36.2 Å². The van der Waals surface area contributed by atoms with Gasteiger partial charge in [0.15, 0.2) is 0 Å². The number of nitrogens with zero attached hydrogens (tertiary/aromatic N) is 1. The molecule has 3 rings (SSSR count). The number of benzene rings is 2. The maximum absolute atomic E-state index is 12.1. The summed E-state index contributed by atoms with van der Waals surface area (Å²) in [6, 6.07) is 18.8. The number of hydrogen-bond donors (Lipinski definition) is 2. The van der Waals surface area contributed by atoms with Crippen LogP contribution in [0.3, 0.4) is 0 Å². The number of carbonyl (C=O) groups is 2. The average molecular weight is 319 g/mol. The maximum atomic E-state index is 12.1. The van der Waals surface area contributed by atoms with Crippen molar-refractivity contribution in [3.63, 3.8) is 0 Å². The molecule has 0 atom stereocenters. The molecule has 5 heteroatoms. The van der Waals surface area contributed by atoms with Crippen molar-refractivity contribution in [3.05, 3.63) is 72.4 Å². The van der Waals surface area contributed by atoms with Crippen LogP contribution in [-0.4, -0.2) is 23.3 Å². The molecule has 0 radical (unpaired) electrons. The van der Waals surface area contributed by atoms with Crippen LogP contribution < -0.4 is 10.6 Å². The number of pyridine rings is 1. The van der Waals surface area contributed by atoms with Crippen molar-refractivity contribution in [1.82, 2.24) is 10.3 Å². The van der Waals surface area contributed by atoms with E-state index in [0.717, 1.165) is 16.5 Å². The topological polar surface area (TPSA) is 71.1 Å². The van der Waals surface area contributed by atoms with Crippen LogP contribution in [0.15, 0.2) is 66.9 Å². The van der Waals surface area contributed by atoms with E-state index in [1.807, 2.05) is 42.5 Å². The van der Waals surface area contributed by atoms with Crippen molar-refractivity contribution in [2.75, 3.05) is 11.9 Å². The van der Waals surface area contributed by atoms with Crippen molar-refractivity contribution in [2.45, 2.75) is 6.42 Å². The minimum absolute atomic E-state index is 0.410. The molecule has 2 N–H and O–H groups in total. The Morgan fingerprint density at radius 2 is 1.71 bits per heavy atom. The van der Waals surface area contributed by atoms with E-state index in [1.165, 1.54) is 0 Å². The minimum Gasteiger partial charge on any atom is -0.347 e. The summed E-state index contributed by atoms with van der Waals surface area (Å²) < 4.78 is 0. The van der Waals surface area contributed by atoms with Crippen LogP contribution >= 0.6 is 0 Å². The molecule has 0 aliphatic rings. The predicted molar refractivity (Wildman–Crippen MR) is 93.5 cm³/mol. The van der Waals surface area contributed by atoms with E-state index >= 15 is 0 Å². The number of rotatable bonds is 4. The van der Waals surface area contributed by atoms with Crippen LogP contribution in [0.1, 0.15) is 5.56 Å². The molecule has 5 nitrogen and oxygen atoms in total. The van der Waals surface area contributed by atoms with Crippen LogP contribution in [0.25, 0.3) is 10.9 Å². The number of nitrogens with one attached hydrogen (secondary N) is 2. The van der Waals surface area contributed by atoms with Gasteiger partial charge in [0.05, 0.1) is 11.2 Å². The first-order chi connectivity index (χ1) is 11.7. The number of fused-ring (bicyclic) bond motifs is 1. The number of hydrogen-bond acceptors (Lipinski definition) is 3. The molecule has 0 aliphatic heterocycles. The van der Waals surface area contributed by atoms with Crippen molar-refractivity contribution < 1.29 is 9.59 Å². The van der Waals surface area contributed by atoms with E-state index < -0.39 is 11.8 Å². The SMILES string of the molecule is O=C(NCCc1ccccc1)C(=O)Nc1cccc2ncccc12. The summed E-state index contributed by atoms with van der Waals surface area (Å²) in [5.74, 6) is -1.33. The molecule has 3 aromatic rings. The van der Waals surface area contributed by atoms with Gasteiger partial charge in [0.2, 0.25) is 0 Å². The highest BCUT2D eigenvalue weighted by Gasteiger charge is 2.14. The van der Waals surface area contributed by atoms with E-state index in [0.29, 0.717) is 18.7 Å². The quantitative estimate of drug-likeness (QED) is 0.726. The van der Waals surface area contributed by atoms with Gasteiger partial charge in [-0.3, -0.25) is 14.6 Å². The summed E-state index contributed by atoms with van der Waals surface area (Å²) in [4.78, 5) is 28.2. The lowest BCUT2D eigenvalue weighted by Gasteiger charge is -2.08. The molecule has 2 amide bonds. The molecule has 120 valence electrons. The van der Waals surface area contributed by atoms with E-state index in [2.05, 4.69) is 15.6 Å². The van der Waals surface area contributed by atoms with E-state index in [1.54, 1.807) is 24.4 Å². The summed E-state index contributed by atoms with van der Waals surface area (Å²) in [5.41, 5.74) is 2.45. The highest BCUT2D eigenvalue weighted by Crippen LogP contribution is 2.20. The smallest absolute Gasteiger partial charge is 0.313 e. The largest absolute Gasteiger partial charge is 0.347 e. The van der Waals surface area contributed by atoms with Gasteiger partial charge in [0, 0.05) is 18.1 Å². The lowest BCUT2D eigenvalue weighted by atomic mass is 10.1. The van der Waals surface area contributed by atoms with Gasteiger partial charge in [-0.2, -0.15) is 0 Å². The van der Waals surface area contributed by atoms with Gasteiger partial charge in [-0.1, -0.05) is 36.4 Å². The molecule has 0 saturated heterocycles. The molecule has 0 unspecified atom stereocenters. The van der Waals surface area contributed by atoms with Gasteiger partial charge in [-0.15, -0.1) is 0 Å². The Hall–Kier alpha value is -3.21. The second-order valence-corrected chi connectivity index (χ2v) is 5.32. The fraction of sp³-hybridized carbons (Fsp3) is 0.105. The number of anilines is 1. The lowest BCUT2D eigenvalue weighted by Crippen LogP contribution is -2.36. The zero-order valence-electron chi connectivity index (χ0n) is 13.0. The van der Waals surface area contributed by atoms with Crippen LogP contribution in [0.5, 0.6) is 0 Å². The zero-order chi connectivity index (χ0) is 16.8. The first-order valence-corrected chi connectivity index (χ1v) is 7.71. The highest BCUT2D eigenvalue weighted by molar-refractivity contribution is 6.40. The third-order valence-electron chi connectivity index (χ3n) is 3.64. The number of amides is 2. The number of aromatic nitrogens is 1. The molecule has 0 saturated carbocycles. The van der Waals surface area contributed by atoms with E-state index in [-0.39, 0.29) is 0 Å². The molecule has 1 heterocycles. The van der Waals surface area contributed by atoms with Crippen molar-refractivity contribution in [1.29, 1.82) is 0 Å². The lowest BCUT2D eigenvalue weighted by molar-refractivity contribution is -0.136. The standard InChI is InChI=1S/C19H17N3O2/c23-18(21-13-11-14-6-2-1-3-7-14)19(24)22-17-10-4-9-16-15(17)8-5-12-20-16/h1-10,12H,11,13H2,(H,21,23)(H,22,24). The van der Waals surface area contributed by atoms with Gasteiger partial charge in [0.25, 0.3) is 0 Å². The predicted octanol–water partition coefficient (Wildman–Crippen LogP) is 2.53. The third kappa shape index (κ3) is 3.76. The molecule has 0 bridgehead atoms. The van der Waals surface area contributed by atoms with E-state index in [9.17, 15) is 9.59 Å². The summed E-state index contributed by atoms with van der Waals surface area (Å²) in [7, 11) is 0. The summed E-state index contributed by atoms with van der Waals surface area (Å²) in [6.07, 6.45) is 2.36. The minimum atomic E-state index is -0.681. The van der Waals surface area contributed by atoms with Gasteiger partial charge in [0.1, 0.15) is 0 Å². The number of carbonyl (C=O) groups excluding carboxylic acids is 2. The second kappa shape index (κ2) is 7.37.